The third-order valence-electron chi connectivity index (χ3n) is 1.54. The molecule has 7 heteroatoms. The third kappa shape index (κ3) is 1.76. The number of nitrogens with zero attached hydrogens (tertiary/aromatic N) is 2. The van der Waals surface area contributed by atoms with E-state index in [-0.39, 0.29) is 5.75 Å². The lowest BCUT2D eigenvalue weighted by Crippen LogP contribution is -2.01. The van der Waals surface area contributed by atoms with Gasteiger partial charge < -0.3 is 14.9 Å². The zero-order valence-electron chi connectivity index (χ0n) is 7.11. The summed E-state index contributed by atoms with van der Waals surface area (Å²) in [6, 6.07) is 1.15. The van der Waals surface area contributed by atoms with E-state index in [4.69, 9.17) is 0 Å². The Morgan fingerprint density at radius 2 is 2.29 bits per heavy atom. The van der Waals surface area contributed by atoms with Crippen molar-refractivity contribution in [3.63, 3.8) is 0 Å². The molecule has 0 saturated heterocycles. The van der Waals surface area contributed by atoms with Crippen molar-refractivity contribution in [2.75, 3.05) is 7.11 Å². The van der Waals surface area contributed by atoms with Gasteiger partial charge in [0.15, 0.2) is 5.56 Å². The molecule has 1 aromatic rings. The van der Waals surface area contributed by atoms with E-state index in [2.05, 4.69) is 9.72 Å². The van der Waals surface area contributed by atoms with Gasteiger partial charge in [0.2, 0.25) is 0 Å². The highest BCUT2D eigenvalue weighted by molar-refractivity contribution is 5.44. The van der Waals surface area contributed by atoms with Crippen LogP contribution in [0.15, 0.2) is 12.3 Å². The quantitative estimate of drug-likeness (QED) is 0.557. The first-order valence-electron chi connectivity index (χ1n) is 3.53. The van der Waals surface area contributed by atoms with Crippen molar-refractivity contribution >= 4 is 5.82 Å². The van der Waals surface area contributed by atoms with Crippen molar-refractivity contribution in [2.45, 2.75) is 6.43 Å². The van der Waals surface area contributed by atoms with Crippen LogP contribution in [0.5, 0.6) is 5.75 Å². The molecule has 0 aliphatic rings. The molecule has 0 bridgehead atoms. The predicted molar refractivity (Wildman–Crippen MR) is 42.4 cm³/mol. The van der Waals surface area contributed by atoms with Gasteiger partial charge in [-0.25, -0.2) is 8.78 Å². The Labute approximate surface area is 77.5 Å². The summed E-state index contributed by atoms with van der Waals surface area (Å²) in [5.41, 5.74) is -0.792. The van der Waals surface area contributed by atoms with E-state index in [1.165, 1.54) is 0 Å². The molecule has 0 spiro atoms. The van der Waals surface area contributed by atoms with Crippen LogP contribution < -0.4 is 4.74 Å². The van der Waals surface area contributed by atoms with Crippen molar-refractivity contribution in [2.24, 2.45) is 0 Å². The average molecular weight is 204 g/mol. The Morgan fingerprint density at radius 3 is 2.71 bits per heavy atom. The highest BCUT2D eigenvalue weighted by Gasteiger charge is 2.27. The lowest BCUT2D eigenvalue weighted by Gasteiger charge is -2.06. The monoisotopic (exact) mass is 204 g/mol. The summed E-state index contributed by atoms with van der Waals surface area (Å²) in [7, 11) is 1.16. The fourth-order valence-electron chi connectivity index (χ4n) is 0.974. The van der Waals surface area contributed by atoms with Crippen LogP contribution in [0.2, 0.25) is 0 Å². The zero-order valence-corrected chi connectivity index (χ0v) is 7.11. The number of rotatable bonds is 3. The van der Waals surface area contributed by atoms with Gasteiger partial charge in [0.25, 0.3) is 6.43 Å². The van der Waals surface area contributed by atoms with Crippen LogP contribution in [-0.2, 0) is 0 Å². The van der Waals surface area contributed by atoms with Gasteiger partial charge in [-0.1, -0.05) is 0 Å². The number of pyridine rings is 1. The smallest absolute Gasteiger partial charge is 0.376 e. The summed E-state index contributed by atoms with van der Waals surface area (Å²) in [6.45, 7) is 0. The van der Waals surface area contributed by atoms with Gasteiger partial charge in [0.1, 0.15) is 11.9 Å². The van der Waals surface area contributed by atoms with E-state index in [1.54, 1.807) is 0 Å². The number of aromatic nitrogens is 1. The van der Waals surface area contributed by atoms with Crippen molar-refractivity contribution in [1.82, 2.24) is 4.98 Å². The van der Waals surface area contributed by atoms with Crippen LogP contribution >= 0.6 is 0 Å². The SMILES string of the molecule is COc1ccnc([N+](=O)[O-])c1C(F)F. The molecule has 0 aromatic carbocycles. The number of hydrogen-bond donors (Lipinski definition) is 0. The Hall–Kier alpha value is -1.79. The maximum Gasteiger partial charge on any atom is 0.376 e. The number of hydrogen-bond acceptors (Lipinski definition) is 4. The van der Waals surface area contributed by atoms with Gasteiger partial charge in [0.05, 0.1) is 7.11 Å². The summed E-state index contributed by atoms with van der Waals surface area (Å²) in [5.74, 6) is -1.11. The lowest BCUT2D eigenvalue weighted by atomic mass is 10.2. The van der Waals surface area contributed by atoms with E-state index in [0.29, 0.717) is 0 Å². The second-order valence-corrected chi connectivity index (χ2v) is 2.31. The minimum atomic E-state index is -2.99. The van der Waals surface area contributed by atoms with Crippen LogP contribution in [0.25, 0.3) is 0 Å². The summed E-state index contributed by atoms with van der Waals surface area (Å²) >= 11 is 0. The standard InChI is InChI=1S/C7H6F2N2O3/c1-14-4-2-3-10-7(11(12)13)5(4)6(8)9/h2-3,6H,1H3. The fraction of sp³-hybridized carbons (Fsp3) is 0.286. The summed E-state index contributed by atoms with van der Waals surface area (Å²) < 4.78 is 29.4. The molecule has 1 rings (SSSR count). The number of methoxy groups -OCH3 is 1. The average Bonchev–Trinajstić information content (AvgIpc) is 2.16. The lowest BCUT2D eigenvalue weighted by molar-refractivity contribution is -0.391. The topological polar surface area (TPSA) is 65.3 Å². The molecule has 0 amide bonds. The Balaban J connectivity index is 3.35. The maximum absolute atomic E-state index is 12.4. The van der Waals surface area contributed by atoms with Crippen LogP contribution in [0.1, 0.15) is 12.0 Å². The molecule has 14 heavy (non-hydrogen) atoms. The Bertz CT molecular complexity index is 357. The van der Waals surface area contributed by atoms with Gasteiger partial charge in [-0.3, -0.25) is 0 Å². The molecule has 0 aliphatic carbocycles. The van der Waals surface area contributed by atoms with Crippen molar-refractivity contribution in [3.05, 3.63) is 27.9 Å². The molecular weight excluding hydrogens is 198 g/mol. The van der Waals surface area contributed by atoms with Gasteiger partial charge in [0, 0.05) is 6.07 Å². The molecule has 1 aromatic heterocycles. The predicted octanol–water partition coefficient (Wildman–Crippen LogP) is 1.94. The van der Waals surface area contributed by atoms with E-state index >= 15 is 0 Å². The number of ether oxygens (including phenoxy) is 1. The van der Waals surface area contributed by atoms with Crippen LogP contribution in [-0.4, -0.2) is 17.0 Å². The summed E-state index contributed by atoms with van der Waals surface area (Å²) in [4.78, 5) is 12.6. The van der Waals surface area contributed by atoms with E-state index in [0.717, 1.165) is 19.4 Å². The Kier molecular flexibility index (Phi) is 2.90. The number of nitro groups is 1. The van der Waals surface area contributed by atoms with Crippen LogP contribution in [0, 0.1) is 10.1 Å². The normalized spacial score (nSPS) is 10.3. The Morgan fingerprint density at radius 1 is 1.64 bits per heavy atom. The second-order valence-electron chi connectivity index (χ2n) is 2.31. The van der Waals surface area contributed by atoms with E-state index in [9.17, 15) is 18.9 Å². The first-order chi connectivity index (χ1) is 6.57. The van der Waals surface area contributed by atoms with Crippen LogP contribution in [0.3, 0.4) is 0 Å². The summed E-state index contributed by atoms with van der Waals surface area (Å²) in [5, 5.41) is 10.3. The number of alkyl halides is 2. The molecule has 0 saturated carbocycles. The minimum absolute atomic E-state index is 0.235. The van der Waals surface area contributed by atoms with Gasteiger partial charge in [-0.15, -0.1) is 0 Å². The molecule has 76 valence electrons. The second kappa shape index (κ2) is 3.95. The van der Waals surface area contributed by atoms with Gasteiger partial charge in [-0.2, -0.15) is 0 Å². The highest BCUT2D eigenvalue weighted by atomic mass is 19.3. The number of halogens is 2. The summed E-state index contributed by atoms with van der Waals surface area (Å²) in [6.07, 6.45) is -1.94. The molecule has 1 heterocycles. The first-order valence-corrected chi connectivity index (χ1v) is 3.53. The molecule has 0 fully saturated rings. The maximum atomic E-state index is 12.4. The molecule has 5 nitrogen and oxygen atoms in total. The fourth-order valence-corrected chi connectivity index (χ4v) is 0.974. The van der Waals surface area contributed by atoms with Crippen LogP contribution in [0.4, 0.5) is 14.6 Å². The molecule has 0 N–H and O–H groups in total. The first kappa shape index (κ1) is 10.3. The minimum Gasteiger partial charge on any atom is -0.496 e. The molecule has 0 unspecified atom stereocenters. The van der Waals surface area contributed by atoms with Crippen molar-refractivity contribution in [3.8, 4) is 5.75 Å². The van der Waals surface area contributed by atoms with E-state index in [1.807, 2.05) is 0 Å². The molecule has 0 atom stereocenters. The van der Waals surface area contributed by atoms with Crippen molar-refractivity contribution in [1.29, 1.82) is 0 Å². The van der Waals surface area contributed by atoms with Gasteiger partial charge >= 0.3 is 5.82 Å². The molecular formula is C7H6F2N2O3. The van der Waals surface area contributed by atoms with Gasteiger partial charge in [-0.05, 0) is 9.91 Å². The van der Waals surface area contributed by atoms with Crippen molar-refractivity contribution < 1.29 is 18.4 Å². The third-order valence-corrected chi connectivity index (χ3v) is 1.54. The molecule has 0 aliphatic heterocycles. The highest BCUT2D eigenvalue weighted by Crippen LogP contribution is 2.34. The molecule has 0 radical (unpaired) electrons. The van der Waals surface area contributed by atoms with E-state index < -0.39 is 22.7 Å². The zero-order chi connectivity index (χ0) is 10.7. The largest absolute Gasteiger partial charge is 0.496 e.